The zero-order chi connectivity index (χ0) is 13.4. The summed E-state index contributed by atoms with van der Waals surface area (Å²) < 4.78 is 0. The second-order valence-electron chi connectivity index (χ2n) is 4.92. The first-order valence-corrected chi connectivity index (χ1v) is 5.30. The van der Waals surface area contributed by atoms with E-state index in [1.54, 1.807) is 13.8 Å². The van der Waals surface area contributed by atoms with Crippen LogP contribution in [0.15, 0.2) is 0 Å². The Morgan fingerprint density at radius 2 is 1.62 bits per heavy atom. The van der Waals surface area contributed by atoms with Crippen LogP contribution in [0.1, 0.15) is 41.0 Å². The average Bonchev–Trinajstić information content (AvgIpc) is 2.18. The van der Waals surface area contributed by atoms with Gasteiger partial charge in [-0.25, -0.2) is 0 Å². The highest BCUT2D eigenvalue weighted by Crippen LogP contribution is 2.20. The van der Waals surface area contributed by atoms with Gasteiger partial charge in [-0.05, 0) is 6.42 Å². The molecule has 1 unspecified atom stereocenters. The Balaban J connectivity index is 0. The van der Waals surface area contributed by atoms with Crippen molar-refractivity contribution in [3.63, 3.8) is 0 Å². The number of carbonyl (C=O) groups excluding carboxylic acids is 2. The van der Waals surface area contributed by atoms with E-state index in [2.05, 4.69) is 0 Å². The van der Waals surface area contributed by atoms with Gasteiger partial charge in [0.15, 0.2) is 0 Å². The molecule has 0 aromatic carbocycles. The van der Waals surface area contributed by atoms with Gasteiger partial charge in [-0.1, -0.05) is 34.6 Å². The van der Waals surface area contributed by atoms with Crippen LogP contribution < -0.4 is 0 Å². The van der Waals surface area contributed by atoms with Crippen molar-refractivity contribution < 1.29 is 19.5 Å². The lowest BCUT2D eigenvalue weighted by atomic mass is 9.85. The molecule has 1 N–H and O–H groups in total. The van der Waals surface area contributed by atoms with Gasteiger partial charge in [-0.2, -0.15) is 0 Å². The molecule has 0 rings (SSSR count). The molecule has 0 aliphatic rings. The second-order valence-corrected chi connectivity index (χ2v) is 4.92. The molecule has 4 heteroatoms. The lowest BCUT2D eigenvalue weighted by Gasteiger charge is -2.17. The van der Waals surface area contributed by atoms with E-state index in [1.807, 2.05) is 20.8 Å². The Labute approximate surface area is 97.0 Å². The van der Waals surface area contributed by atoms with Crippen LogP contribution in [0, 0.1) is 17.3 Å². The van der Waals surface area contributed by atoms with Crippen LogP contribution >= 0.6 is 0 Å². The molecule has 0 radical (unpaired) electrons. The summed E-state index contributed by atoms with van der Waals surface area (Å²) in [7, 11) is 0. The van der Waals surface area contributed by atoms with Gasteiger partial charge in [0.05, 0.1) is 5.92 Å². The summed E-state index contributed by atoms with van der Waals surface area (Å²) in [6.45, 7) is 8.77. The fraction of sp³-hybridized carbons (Fsp3) is 0.750. The quantitative estimate of drug-likeness (QED) is 0.735. The molecule has 1 atom stereocenters. The zero-order valence-electron chi connectivity index (χ0n) is 10.7. The number of hydrogen-bond acceptors (Lipinski definition) is 3. The molecule has 0 bridgehead atoms. The largest absolute Gasteiger partial charge is 0.481 e. The summed E-state index contributed by atoms with van der Waals surface area (Å²) in [6.07, 6.45) is 2.41. The lowest BCUT2D eigenvalue weighted by molar-refractivity contribution is -0.140. The summed E-state index contributed by atoms with van der Waals surface area (Å²) >= 11 is 0. The van der Waals surface area contributed by atoms with Crippen LogP contribution in [0.4, 0.5) is 0 Å². The van der Waals surface area contributed by atoms with E-state index in [9.17, 15) is 14.4 Å². The highest BCUT2D eigenvalue weighted by Gasteiger charge is 2.19. The first-order valence-electron chi connectivity index (χ1n) is 5.30. The third-order valence-corrected chi connectivity index (χ3v) is 1.89. The molecule has 0 fully saturated rings. The second kappa shape index (κ2) is 8.02. The topological polar surface area (TPSA) is 71.4 Å². The standard InChI is InChI=1S/C8H14O2.C4H8O2/c1-7(5-9)4-8(2,3)6-10;1-3(2)4(5)6/h5-7H,4H2,1-3H3;3H,1-2H3,(H,5,6). The Morgan fingerprint density at radius 3 is 1.81 bits per heavy atom. The monoisotopic (exact) mass is 230 g/mol. The third kappa shape index (κ3) is 10.9. The minimum absolute atomic E-state index is 0.0137. The van der Waals surface area contributed by atoms with E-state index in [-0.39, 0.29) is 17.3 Å². The van der Waals surface area contributed by atoms with E-state index in [4.69, 9.17) is 5.11 Å². The smallest absolute Gasteiger partial charge is 0.305 e. The Hall–Kier alpha value is -1.19. The van der Waals surface area contributed by atoms with Gasteiger partial charge < -0.3 is 14.7 Å². The number of aliphatic carboxylic acids is 1. The molecule has 0 spiro atoms. The maximum atomic E-state index is 10.4. The highest BCUT2D eigenvalue weighted by molar-refractivity contribution is 5.68. The molecule has 16 heavy (non-hydrogen) atoms. The summed E-state index contributed by atoms with van der Waals surface area (Å²) in [5.74, 6) is -0.986. The molecule has 4 nitrogen and oxygen atoms in total. The highest BCUT2D eigenvalue weighted by atomic mass is 16.4. The SMILES string of the molecule is CC(C)C(=O)O.CC(C=O)CC(C)(C)C=O. The van der Waals surface area contributed by atoms with Crippen molar-refractivity contribution in [1.82, 2.24) is 0 Å². The predicted molar refractivity (Wildman–Crippen MR) is 62.2 cm³/mol. The maximum Gasteiger partial charge on any atom is 0.305 e. The Bertz CT molecular complexity index is 231. The van der Waals surface area contributed by atoms with Crippen molar-refractivity contribution in [3.8, 4) is 0 Å². The molecule has 0 aliphatic carbocycles. The van der Waals surface area contributed by atoms with E-state index in [0.717, 1.165) is 12.6 Å². The minimum atomic E-state index is -0.741. The molecular formula is C12H22O4. The van der Waals surface area contributed by atoms with Crippen molar-refractivity contribution in [3.05, 3.63) is 0 Å². The summed E-state index contributed by atoms with van der Waals surface area (Å²) in [5.41, 5.74) is -0.347. The van der Waals surface area contributed by atoms with E-state index < -0.39 is 5.97 Å². The van der Waals surface area contributed by atoms with Crippen LogP contribution in [0.5, 0.6) is 0 Å². The van der Waals surface area contributed by atoms with E-state index in [1.165, 1.54) is 0 Å². The molecular weight excluding hydrogens is 208 g/mol. The van der Waals surface area contributed by atoms with Gasteiger partial charge in [0.25, 0.3) is 0 Å². The van der Waals surface area contributed by atoms with Crippen LogP contribution in [0.3, 0.4) is 0 Å². The molecule has 94 valence electrons. The van der Waals surface area contributed by atoms with Crippen molar-refractivity contribution in [1.29, 1.82) is 0 Å². The van der Waals surface area contributed by atoms with Crippen molar-refractivity contribution in [2.45, 2.75) is 41.0 Å². The van der Waals surface area contributed by atoms with Crippen LogP contribution in [-0.2, 0) is 14.4 Å². The Kier molecular flexibility index (Phi) is 8.63. The fourth-order valence-electron chi connectivity index (χ4n) is 0.926. The first-order chi connectivity index (χ1) is 7.16. The number of hydrogen-bond donors (Lipinski definition) is 1. The zero-order valence-corrected chi connectivity index (χ0v) is 10.7. The van der Waals surface area contributed by atoms with E-state index >= 15 is 0 Å². The number of rotatable bonds is 5. The van der Waals surface area contributed by atoms with Gasteiger partial charge in [-0.3, -0.25) is 4.79 Å². The molecule has 0 saturated carbocycles. The maximum absolute atomic E-state index is 10.4. The Morgan fingerprint density at radius 1 is 1.25 bits per heavy atom. The number of carbonyl (C=O) groups is 3. The lowest BCUT2D eigenvalue weighted by Crippen LogP contribution is -2.17. The van der Waals surface area contributed by atoms with Crippen LogP contribution in [0.25, 0.3) is 0 Å². The van der Waals surface area contributed by atoms with Gasteiger partial charge >= 0.3 is 5.97 Å². The number of carboxylic acid groups (broad SMARTS) is 1. The fourth-order valence-corrected chi connectivity index (χ4v) is 0.926. The van der Waals surface area contributed by atoms with E-state index in [0.29, 0.717) is 6.42 Å². The molecule has 0 heterocycles. The summed E-state index contributed by atoms with van der Waals surface area (Å²) in [5, 5.41) is 7.99. The summed E-state index contributed by atoms with van der Waals surface area (Å²) in [4.78, 5) is 30.2. The summed E-state index contributed by atoms with van der Waals surface area (Å²) in [6, 6.07) is 0. The normalized spacial score (nSPS) is 12.4. The van der Waals surface area contributed by atoms with Crippen LogP contribution in [0.2, 0.25) is 0 Å². The van der Waals surface area contributed by atoms with Crippen molar-refractivity contribution in [2.24, 2.45) is 17.3 Å². The van der Waals surface area contributed by atoms with Gasteiger partial charge in [0.2, 0.25) is 0 Å². The van der Waals surface area contributed by atoms with Gasteiger partial charge in [-0.15, -0.1) is 0 Å². The van der Waals surface area contributed by atoms with Crippen molar-refractivity contribution >= 4 is 18.5 Å². The molecule has 0 aromatic rings. The minimum Gasteiger partial charge on any atom is -0.481 e. The number of aldehydes is 2. The average molecular weight is 230 g/mol. The third-order valence-electron chi connectivity index (χ3n) is 1.89. The van der Waals surface area contributed by atoms with Crippen molar-refractivity contribution in [2.75, 3.05) is 0 Å². The first kappa shape index (κ1) is 17.2. The van der Waals surface area contributed by atoms with Crippen LogP contribution in [-0.4, -0.2) is 23.6 Å². The molecule has 0 aromatic heterocycles. The molecule has 0 amide bonds. The van der Waals surface area contributed by atoms with Gasteiger partial charge in [0.1, 0.15) is 12.6 Å². The molecule has 0 aliphatic heterocycles. The number of carboxylic acids is 1. The predicted octanol–water partition coefficient (Wildman–Crippen LogP) is 2.16. The molecule has 0 saturated heterocycles. The van der Waals surface area contributed by atoms with Gasteiger partial charge in [0, 0.05) is 11.3 Å².